The van der Waals surface area contributed by atoms with Crippen molar-refractivity contribution >= 4 is 12.0 Å². The highest BCUT2D eigenvalue weighted by Crippen LogP contribution is 2.08. The number of methoxy groups -OCH3 is 1. The van der Waals surface area contributed by atoms with E-state index in [2.05, 4.69) is 10.6 Å². The lowest BCUT2D eigenvalue weighted by molar-refractivity contribution is -0.139. The van der Waals surface area contributed by atoms with Gasteiger partial charge in [0.1, 0.15) is 6.04 Å². The van der Waals surface area contributed by atoms with Gasteiger partial charge in [-0.15, -0.1) is 0 Å². The summed E-state index contributed by atoms with van der Waals surface area (Å²) in [5.74, 6) is -3.18. The average Bonchev–Trinajstić information content (AvgIpc) is 2.44. The molecule has 3 N–H and O–H groups in total. The van der Waals surface area contributed by atoms with Crippen LogP contribution in [0, 0.1) is 11.6 Å². The number of amides is 2. The number of ether oxygens (including phenoxy) is 1. The van der Waals surface area contributed by atoms with Crippen molar-refractivity contribution in [2.24, 2.45) is 0 Å². The number of hydrogen-bond acceptors (Lipinski definition) is 3. The number of carboxylic acids is 1. The second-order valence-corrected chi connectivity index (χ2v) is 4.25. The second kappa shape index (κ2) is 8.15. The second-order valence-electron chi connectivity index (χ2n) is 4.25. The molecule has 1 atom stereocenters. The molecule has 1 aromatic carbocycles. The van der Waals surface area contributed by atoms with Crippen molar-refractivity contribution < 1.29 is 28.2 Å². The summed E-state index contributed by atoms with van der Waals surface area (Å²) in [6.45, 7) is 0.125. The molecule has 8 heteroatoms. The number of benzene rings is 1. The maximum absolute atomic E-state index is 13.0. The zero-order chi connectivity index (χ0) is 15.8. The number of hydrogen-bond donors (Lipinski definition) is 3. The molecule has 0 fully saturated rings. The summed E-state index contributed by atoms with van der Waals surface area (Å²) in [4.78, 5) is 22.5. The van der Waals surface area contributed by atoms with E-state index in [0.29, 0.717) is 5.56 Å². The van der Waals surface area contributed by atoms with Gasteiger partial charge in [0.25, 0.3) is 0 Å². The summed E-state index contributed by atoms with van der Waals surface area (Å²) >= 11 is 0. The summed E-state index contributed by atoms with van der Waals surface area (Å²) < 4.78 is 30.4. The first-order valence-corrected chi connectivity index (χ1v) is 6.14. The summed E-state index contributed by atoms with van der Waals surface area (Å²) in [5.41, 5.74) is 0.354. The van der Waals surface area contributed by atoms with Crippen LogP contribution in [0.5, 0.6) is 0 Å². The van der Waals surface area contributed by atoms with Gasteiger partial charge < -0.3 is 20.5 Å². The van der Waals surface area contributed by atoms with Crippen molar-refractivity contribution in [3.8, 4) is 0 Å². The lowest BCUT2D eigenvalue weighted by Gasteiger charge is -2.14. The summed E-state index contributed by atoms with van der Waals surface area (Å²) in [6.07, 6.45) is 0.116. The number of carbonyl (C=O) groups excluding carboxylic acids is 1. The molecule has 0 aliphatic carbocycles. The molecule has 0 aliphatic heterocycles. The van der Waals surface area contributed by atoms with Gasteiger partial charge in [-0.05, 0) is 17.7 Å². The topological polar surface area (TPSA) is 87.7 Å². The smallest absolute Gasteiger partial charge is 0.326 e. The lowest BCUT2D eigenvalue weighted by Crippen LogP contribution is -2.46. The van der Waals surface area contributed by atoms with E-state index in [4.69, 9.17) is 9.84 Å². The van der Waals surface area contributed by atoms with Gasteiger partial charge in [0.2, 0.25) is 0 Å². The Morgan fingerprint density at radius 2 is 2.05 bits per heavy atom. The van der Waals surface area contributed by atoms with Crippen molar-refractivity contribution in [2.45, 2.75) is 19.0 Å². The Hall–Kier alpha value is -2.22. The molecular weight excluding hydrogens is 286 g/mol. The van der Waals surface area contributed by atoms with Gasteiger partial charge in [-0.3, -0.25) is 0 Å². The quantitative estimate of drug-likeness (QED) is 0.707. The van der Waals surface area contributed by atoms with Crippen molar-refractivity contribution in [3.05, 3.63) is 35.4 Å². The molecule has 1 aromatic rings. The van der Waals surface area contributed by atoms with Crippen molar-refractivity contribution in [1.82, 2.24) is 10.6 Å². The summed E-state index contributed by atoms with van der Waals surface area (Å²) in [7, 11) is 1.42. The zero-order valence-electron chi connectivity index (χ0n) is 11.4. The molecule has 1 rings (SSSR count). The molecule has 0 bridgehead atoms. The number of rotatable bonds is 7. The molecule has 21 heavy (non-hydrogen) atoms. The van der Waals surface area contributed by atoms with E-state index in [1.54, 1.807) is 0 Å². The molecule has 0 saturated heterocycles. The molecule has 0 heterocycles. The van der Waals surface area contributed by atoms with Gasteiger partial charge in [-0.25, -0.2) is 18.4 Å². The number of carboxylic acid groups (broad SMARTS) is 1. The van der Waals surface area contributed by atoms with Crippen LogP contribution in [0.4, 0.5) is 13.6 Å². The lowest BCUT2D eigenvalue weighted by atomic mass is 10.2. The van der Waals surface area contributed by atoms with Crippen LogP contribution in [0.2, 0.25) is 0 Å². The van der Waals surface area contributed by atoms with Crippen LogP contribution < -0.4 is 10.6 Å². The van der Waals surface area contributed by atoms with E-state index < -0.39 is 29.7 Å². The maximum Gasteiger partial charge on any atom is 0.326 e. The first-order chi connectivity index (χ1) is 9.93. The molecule has 116 valence electrons. The van der Waals surface area contributed by atoms with Gasteiger partial charge in [0, 0.05) is 26.7 Å². The van der Waals surface area contributed by atoms with E-state index in [1.807, 2.05) is 0 Å². The molecule has 6 nitrogen and oxygen atoms in total. The predicted molar refractivity (Wildman–Crippen MR) is 69.6 cm³/mol. The minimum absolute atomic E-state index is 0.0559. The van der Waals surface area contributed by atoms with Crippen LogP contribution in [0.3, 0.4) is 0 Å². The Kier molecular flexibility index (Phi) is 6.54. The van der Waals surface area contributed by atoms with Gasteiger partial charge >= 0.3 is 12.0 Å². The number of urea groups is 1. The number of halogens is 2. The van der Waals surface area contributed by atoms with E-state index in [1.165, 1.54) is 13.2 Å². The standard InChI is InChI=1S/C13H16F2N2O4/c1-21-5-4-11(12(18)19)17-13(20)16-7-8-2-3-9(14)10(15)6-8/h2-3,6,11H,4-5,7H2,1H3,(H,18,19)(H2,16,17,20). The monoisotopic (exact) mass is 302 g/mol. The van der Waals surface area contributed by atoms with E-state index in [0.717, 1.165) is 12.1 Å². The van der Waals surface area contributed by atoms with Crippen molar-refractivity contribution in [1.29, 1.82) is 0 Å². The molecule has 0 saturated carbocycles. The Morgan fingerprint density at radius 1 is 1.33 bits per heavy atom. The van der Waals surface area contributed by atoms with Crippen molar-refractivity contribution in [2.75, 3.05) is 13.7 Å². The van der Waals surface area contributed by atoms with Crippen LogP contribution in [0.15, 0.2) is 18.2 Å². The van der Waals surface area contributed by atoms with Crippen LogP contribution >= 0.6 is 0 Å². The van der Waals surface area contributed by atoms with Gasteiger partial charge in [-0.2, -0.15) is 0 Å². The molecule has 2 amide bonds. The van der Waals surface area contributed by atoms with Crippen LogP contribution in [0.25, 0.3) is 0 Å². The molecule has 0 aromatic heterocycles. The van der Waals surface area contributed by atoms with E-state index in [-0.39, 0.29) is 19.6 Å². The highest BCUT2D eigenvalue weighted by Gasteiger charge is 2.19. The highest BCUT2D eigenvalue weighted by atomic mass is 19.2. The molecular formula is C13H16F2N2O4. The summed E-state index contributed by atoms with van der Waals surface area (Å²) in [6, 6.07) is 1.41. The van der Waals surface area contributed by atoms with Crippen LogP contribution in [0.1, 0.15) is 12.0 Å². The Labute approximate surface area is 120 Å². The van der Waals surface area contributed by atoms with Crippen LogP contribution in [-0.2, 0) is 16.1 Å². The van der Waals surface area contributed by atoms with Crippen molar-refractivity contribution in [3.63, 3.8) is 0 Å². The fourth-order valence-electron chi connectivity index (χ4n) is 1.53. The first kappa shape index (κ1) is 16.8. The largest absolute Gasteiger partial charge is 0.480 e. The SMILES string of the molecule is COCCC(NC(=O)NCc1ccc(F)c(F)c1)C(=O)O. The van der Waals surface area contributed by atoms with Gasteiger partial charge in [-0.1, -0.05) is 6.07 Å². The van der Waals surface area contributed by atoms with Gasteiger partial charge in [0.15, 0.2) is 11.6 Å². The summed E-state index contributed by atoms with van der Waals surface area (Å²) in [5, 5.41) is 13.5. The highest BCUT2D eigenvalue weighted by molar-refractivity contribution is 5.82. The Morgan fingerprint density at radius 3 is 2.62 bits per heavy atom. The van der Waals surface area contributed by atoms with Crippen LogP contribution in [-0.4, -0.2) is 36.9 Å². The maximum atomic E-state index is 13.0. The first-order valence-electron chi connectivity index (χ1n) is 6.14. The third-order valence-electron chi connectivity index (χ3n) is 2.65. The minimum atomic E-state index is -1.19. The molecule has 1 unspecified atom stereocenters. The minimum Gasteiger partial charge on any atom is -0.480 e. The number of aliphatic carboxylic acids is 1. The predicted octanol–water partition coefficient (Wildman–Crippen LogP) is 1.25. The van der Waals surface area contributed by atoms with E-state index in [9.17, 15) is 18.4 Å². The number of carbonyl (C=O) groups is 2. The third kappa shape index (κ3) is 5.74. The molecule has 0 spiro atoms. The van der Waals surface area contributed by atoms with E-state index >= 15 is 0 Å². The molecule has 0 radical (unpaired) electrons. The fraction of sp³-hybridized carbons (Fsp3) is 0.385. The Bertz CT molecular complexity index is 511. The average molecular weight is 302 g/mol. The third-order valence-corrected chi connectivity index (χ3v) is 2.65. The molecule has 0 aliphatic rings. The van der Waals surface area contributed by atoms with Gasteiger partial charge in [0.05, 0.1) is 0 Å². The Balaban J connectivity index is 2.48. The normalized spacial score (nSPS) is 11.8. The number of nitrogens with one attached hydrogen (secondary N) is 2. The fourth-order valence-corrected chi connectivity index (χ4v) is 1.53. The zero-order valence-corrected chi connectivity index (χ0v) is 11.4.